The first-order chi connectivity index (χ1) is 16.3. The number of alkyl halides is 2. The van der Waals surface area contributed by atoms with E-state index in [-0.39, 0.29) is 18.9 Å². The van der Waals surface area contributed by atoms with Crippen LogP contribution in [0.15, 0.2) is 48.5 Å². The molecule has 4 rings (SSSR count). The Kier molecular flexibility index (Phi) is 6.54. The van der Waals surface area contributed by atoms with E-state index in [1.807, 2.05) is 48.5 Å². The number of rotatable bonds is 9. The average Bonchev–Trinajstić information content (AvgIpc) is 3.22. The van der Waals surface area contributed by atoms with Crippen LogP contribution in [0, 0.1) is 11.8 Å². The van der Waals surface area contributed by atoms with Crippen molar-refractivity contribution in [2.24, 2.45) is 11.8 Å². The first kappa shape index (κ1) is 23.7. The Labute approximate surface area is 195 Å². The van der Waals surface area contributed by atoms with E-state index in [1.54, 1.807) is 6.92 Å². The quantitative estimate of drug-likeness (QED) is 0.515. The monoisotopic (exact) mass is 472 g/mol. The molecule has 7 nitrogen and oxygen atoms in total. The van der Waals surface area contributed by atoms with Crippen molar-refractivity contribution in [1.82, 2.24) is 10.6 Å². The molecule has 2 amide bonds. The minimum Gasteiger partial charge on any atom is -0.480 e. The standard InChI is InChI=1S/C25H26F2N2O5/c1-2-7-20(23(31)32)29-22(30)21-19(25(21,26)27)12-28-24(33)34-13-18-16-10-5-3-8-14(16)15-9-4-6-11-17(15)18/h3-6,8-11,18-21H,2,7,12-13H2,1H3,(H,28,33)(H,29,30)(H,31,32)/t19?,20-,21?/m0/s1. The summed E-state index contributed by atoms with van der Waals surface area (Å²) in [7, 11) is 0. The second-order valence-corrected chi connectivity index (χ2v) is 8.65. The number of ether oxygens (including phenoxy) is 1. The number of carbonyl (C=O) groups excluding carboxylic acids is 2. The number of fused-ring (bicyclic) bond motifs is 3. The van der Waals surface area contributed by atoms with Gasteiger partial charge in [-0.15, -0.1) is 0 Å². The van der Waals surface area contributed by atoms with Crippen LogP contribution in [0.3, 0.4) is 0 Å². The van der Waals surface area contributed by atoms with E-state index in [0.717, 1.165) is 22.3 Å². The van der Waals surface area contributed by atoms with E-state index >= 15 is 0 Å². The van der Waals surface area contributed by atoms with Gasteiger partial charge in [0.05, 0.1) is 5.92 Å². The minimum absolute atomic E-state index is 0.0438. The van der Waals surface area contributed by atoms with Gasteiger partial charge >= 0.3 is 12.1 Å². The number of hydrogen-bond acceptors (Lipinski definition) is 4. The third-order valence-electron chi connectivity index (χ3n) is 6.49. The minimum atomic E-state index is -3.32. The largest absolute Gasteiger partial charge is 0.480 e. The maximum Gasteiger partial charge on any atom is 0.407 e. The topological polar surface area (TPSA) is 105 Å². The number of carboxylic acid groups (broad SMARTS) is 1. The molecule has 2 aromatic rings. The maximum atomic E-state index is 14.2. The molecule has 0 spiro atoms. The van der Waals surface area contributed by atoms with Gasteiger partial charge < -0.3 is 20.5 Å². The van der Waals surface area contributed by atoms with Gasteiger partial charge in [-0.25, -0.2) is 18.4 Å². The van der Waals surface area contributed by atoms with Crippen molar-refractivity contribution >= 4 is 18.0 Å². The predicted octanol–water partition coefficient (Wildman–Crippen LogP) is 3.78. The lowest BCUT2D eigenvalue weighted by Gasteiger charge is -2.14. The van der Waals surface area contributed by atoms with Crippen molar-refractivity contribution in [1.29, 1.82) is 0 Å². The van der Waals surface area contributed by atoms with Crippen molar-refractivity contribution in [2.45, 2.75) is 37.6 Å². The molecule has 0 aliphatic heterocycles. The summed E-state index contributed by atoms with van der Waals surface area (Å²) in [5.74, 6) is -8.87. The fourth-order valence-electron chi connectivity index (χ4n) is 4.65. The number of benzene rings is 2. The van der Waals surface area contributed by atoms with Gasteiger partial charge in [0.1, 0.15) is 18.6 Å². The lowest BCUT2D eigenvalue weighted by atomic mass is 9.98. The third kappa shape index (κ3) is 4.47. The number of amides is 2. The van der Waals surface area contributed by atoms with Gasteiger partial charge in [0.2, 0.25) is 5.91 Å². The van der Waals surface area contributed by atoms with Crippen LogP contribution in [-0.2, 0) is 14.3 Å². The van der Waals surface area contributed by atoms with E-state index in [2.05, 4.69) is 10.6 Å². The van der Waals surface area contributed by atoms with Gasteiger partial charge in [-0.1, -0.05) is 61.9 Å². The second-order valence-electron chi connectivity index (χ2n) is 8.65. The van der Waals surface area contributed by atoms with E-state index in [1.165, 1.54) is 0 Å². The molecule has 9 heteroatoms. The number of nitrogens with one attached hydrogen (secondary N) is 2. The van der Waals surface area contributed by atoms with Crippen LogP contribution in [0.5, 0.6) is 0 Å². The molecule has 180 valence electrons. The third-order valence-corrected chi connectivity index (χ3v) is 6.49. The van der Waals surface area contributed by atoms with Gasteiger partial charge in [0, 0.05) is 12.5 Å². The van der Waals surface area contributed by atoms with Crippen molar-refractivity contribution in [3.63, 3.8) is 0 Å². The number of halogens is 2. The summed E-state index contributed by atoms with van der Waals surface area (Å²) in [5.41, 5.74) is 4.20. The molecule has 3 atom stereocenters. The first-order valence-electron chi connectivity index (χ1n) is 11.3. The zero-order valence-corrected chi connectivity index (χ0v) is 18.6. The lowest BCUT2D eigenvalue weighted by molar-refractivity contribution is -0.142. The van der Waals surface area contributed by atoms with E-state index in [4.69, 9.17) is 9.84 Å². The Morgan fingerprint density at radius 2 is 1.65 bits per heavy atom. The SMILES string of the molecule is CCC[C@H](NC(=O)C1C(CNC(=O)OCC2c3ccccc3-c3ccccc32)C1(F)F)C(=O)O. The van der Waals surface area contributed by atoms with Gasteiger partial charge in [0.25, 0.3) is 5.92 Å². The molecule has 0 aromatic heterocycles. The Hall–Kier alpha value is -3.49. The number of hydrogen-bond donors (Lipinski definition) is 3. The summed E-state index contributed by atoms with van der Waals surface area (Å²) in [6.07, 6.45) is -0.231. The number of carbonyl (C=O) groups is 3. The molecule has 2 aliphatic carbocycles. The van der Waals surface area contributed by atoms with Crippen molar-refractivity contribution in [2.75, 3.05) is 13.2 Å². The molecule has 3 N–H and O–H groups in total. The Morgan fingerprint density at radius 3 is 2.21 bits per heavy atom. The molecule has 0 saturated heterocycles. The van der Waals surface area contributed by atoms with Crippen LogP contribution < -0.4 is 10.6 Å². The summed E-state index contributed by atoms with van der Waals surface area (Å²) < 4.78 is 33.7. The van der Waals surface area contributed by atoms with Gasteiger partial charge in [-0.2, -0.15) is 0 Å². The second kappa shape index (κ2) is 9.40. The van der Waals surface area contributed by atoms with Crippen LogP contribution in [0.4, 0.5) is 13.6 Å². The van der Waals surface area contributed by atoms with E-state index in [9.17, 15) is 23.2 Å². The molecular weight excluding hydrogens is 446 g/mol. The van der Waals surface area contributed by atoms with Crippen LogP contribution in [0.25, 0.3) is 11.1 Å². The van der Waals surface area contributed by atoms with Crippen LogP contribution in [0.2, 0.25) is 0 Å². The molecule has 0 heterocycles. The highest BCUT2D eigenvalue weighted by Gasteiger charge is 2.71. The van der Waals surface area contributed by atoms with Crippen molar-refractivity contribution < 1.29 is 33.0 Å². The number of carboxylic acids is 1. The summed E-state index contributed by atoms with van der Waals surface area (Å²) in [6.45, 7) is 1.32. The van der Waals surface area contributed by atoms with Crippen molar-refractivity contribution in [3.8, 4) is 11.1 Å². The van der Waals surface area contributed by atoms with E-state index in [0.29, 0.717) is 6.42 Å². The Morgan fingerprint density at radius 1 is 1.06 bits per heavy atom. The van der Waals surface area contributed by atoms with Gasteiger partial charge in [-0.05, 0) is 28.7 Å². The Balaban J connectivity index is 1.31. The normalized spacial score (nSPS) is 20.6. The predicted molar refractivity (Wildman–Crippen MR) is 119 cm³/mol. The zero-order valence-electron chi connectivity index (χ0n) is 18.6. The smallest absolute Gasteiger partial charge is 0.407 e. The lowest BCUT2D eigenvalue weighted by Crippen LogP contribution is -2.42. The van der Waals surface area contributed by atoms with Gasteiger partial charge in [0.15, 0.2) is 0 Å². The fraction of sp³-hybridized carbons (Fsp3) is 0.400. The summed E-state index contributed by atoms with van der Waals surface area (Å²) in [5, 5.41) is 13.6. The zero-order chi connectivity index (χ0) is 24.5. The molecule has 2 unspecified atom stereocenters. The fourth-order valence-corrected chi connectivity index (χ4v) is 4.65. The van der Waals surface area contributed by atoms with Crippen LogP contribution in [-0.4, -0.2) is 48.2 Å². The molecule has 1 fully saturated rings. The highest BCUT2D eigenvalue weighted by atomic mass is 19.3. The van der Waals surface area contributed by atoms with Crippen LogP contribution >= 0.6 is 0 Å². The van der Waals surface area contributed by atoms with Crippen molar-refractivity contribution in [3.05, 3.63) is 59.7 Å². The molecule has 2 aliphatic rings. The van der Waals surface area contributed by atoms with E-state index < -0.39 is 48.3 Å². The molecule has 34 heavy (non-hydrogen) atoms. The number of aliphatic carboxylic acids is 1. The summed E-state index contributed by atoms with van der Waals surface area (Å²) >= 11 is 0. The average molecular weight is 472 g/mol. The molecule has 0 radical (unpaired) electrons. The van der Waals surface area contributed by atoms with Crippen LogP contribution in [0.1, 0.15) is 36.8 Å². The molecule has 2 aromatic carbocycles. The molecule has 0 bridgehead atoms. The Bertz CT molecular complexity index is 1060. The van der Waals surface area contributed by atoms with Gasteiger partial charge in [-0.3, -0.25) is 4.79 Å². The number of alkyl carbamates (subject to hydrolysis) is 1. The molecule has 1 saturated carbocycles. The summed E-state index contributed by atoms with van der Waals surface area (Å²) in [6, 6.07) is 14.4. The highest BCUT2D eigenvalue weighted by molar-refractivity contribution is 5.88. The molecular formula is C25H26F2N2O5. The highest BCUT2D eigenvalue weighted by Crippen LogP contribution is 2.55. The maximum absolute atomic E-state index is 14.2. The first-order valence-corrected chi connectivity index (χ1v) is 11.3. The summed E-state index contributed by atoms with van der Waals surface area (Å²) in [4.78, 5) is 35.6.